The predicted molar refractivity (Wildman–Crippen MR) is 93.1 cm³/mol. The van der Waals surface area contributed by atoms with Gasteiger partial charge in [-0.05, 0) is 71.3 Å². The summed E-state index contributed by atoms with van der Waals surface area (Å²) in [7, 11) is 1.71. The van der Waals surface area contributed by atoms with Crippen molar-refractivity contribution in [1.82, 2.24) is 5.32 Å². The summed E-state index contributed by atoms with van der Waals surface area (Å²) >= 11 is 3.60. The van der Waals surface area contributed by atoms with Crippen molar-refractivity contribution in [3.05, 3.63) is 28.2 Å². The van der Waals surface area contributed by atoms with Gasteiger partial charge in [0, 0.05) is 6.04 Å². The third-order valence-corrected chi connectivity index (χ3v) is 5.50. The first-order valence-electron chi connectivity index (χ1n) is 8.15. The summed E-state index contributed by atoms with van der Waals surface area (Å²) in [6.07, 6.45) is 7.76. The first-order valence-corrected chi connectivity index (χ1v) is 8.94. The van der Waals surface area contributed by atoms with Crippen LogP contribution in [-0.4, -0.2) is 19.7 Å². The number of methoxy groups -OCH3 is 1. The smallest absolute Gasteiger partial charge is 0.133 e. The fourth-order valence-corrected chi connectivity index (χ4v) is 4.08. The van der Waals surface area contributed by atoms with Crippen LogP contribution < -0.4 is 10.1 Å². The molecule has 0 radical (unpaired) electrons. The normalized spacial score (nSPS) is 18.7. The minimum atomic E-state index is 0.446. The van der Waals surface area contributed by atoms with Gasteiger partial charge in [0.25, 0.3) is 0 Å². The van der Waals surface area contributed by atoms with Crippen molar-refractivity contribution in [2.24, 2.45) is 5.41 Å². The highest BCUT2D eigenvalue weighted by Crippen LogP contribution is 2.41. The minimum absolute atomic E-state index is 0.446. The van der Waals surface area contributed by atoms with Gasteiger partial charge in [-0.1, -0.05) is 32.8 Å². The molecule has 0 aliphatic heterocycles. The molecule has 0 spiro atoms. The van der Waals surface area contributed by atoms with Crippen LogP contribution in [0, 0.1) is 5.41 Å². The van der Waals surface area contributed by atoms with E-state index in [1.54, 1.807) is 7.11 Å². The van der Waals surface area contributed by atoms with E-state index in [0.29, 0.717) is 11.5 Å². The third-order valence-electron chi connectivity index (χ3n) is 4.88. The lowest BCUT2D eigenvalue weighted by molar-refractivity contribution is 0.219. The molecule has 0 heterocycles. The van der Waals surface area contributed by atoms with Crippen LogP contribution in [0.5, 0.6) is 5.75 Å². The summed E-state index contributed by atoms with van der Waals surface area (Å²) in [5, 5.41) is 3.80. The Morgan fingerprint density at radius 2 is 2.05 bits per heavy atom. The van der Waals surface area contributed by atoms with Gasteiger partial charge < -0.3 is 10.1 Å². The first-order chi connectivity index (χ1) is 10.1. The second kappa shape index (κ2) is 7.64. The summed E-state index contributed by atoms with van der Waals surface area (Å²) in [6.45, 7) is 5.81. The summed E-state index contributed by atoms with van der Waals surface area (Å²) < 4.78 is 6.38. The van der Waals surface area contributed by atoms with Crippen LogP contribution in [0.4, 0.5) is 0 Å². The second-order valence-electron chi connectivity index (χ2n) is 6.54. The Hall–Kier alpha value is -0.540. The zero-order valence-electron chi connectivity index (χ0n) is 13.5. The molecule has 118 valence electrons. The molecule has 0 saturated heterocycles. The van der Waals surface area contributed by atoms with Crippen LogP contribution in [0.2, 0.25) is 0 Å². The van der Waals surface area contributed by atoms with Gasteiger partial charge in [-0.25, -0.2) is 0 Å². The molecule has 2 nitrogen and oxygen atoms in total. The van der Waals surface area contributed by atoms with E-state index in [4.69, 9.17) is 4.74 Å². The Balaban J connectivity index is 2.12. The highest BCUT2D eigenvalue weighted by atomic mass is 79.9. The maximum Gasteiger partial charge on any atom is 0.133 e. The maximum absolute atomic E-state index is 5.33. The Morgan fingerprint density at radius 3 is 2.62 bits per heavy atom. The molecule has 1 aliphatic carbocycles. The molecule has 1 unspecified atom stereocenters. The van der Waals surface area contributed by atoms with E-state index in [-0.39, 0.29) is 0 Å². The lowest BCUT2D eigenvalue weighted by atomic mass is 9.77. The fourth-order valence-electron chi connectivity index (χ4n) is 3.49. The summed E-state index contributed by atoms with van der Waals surface area (Å²) in [5.41, 5.74) is 1.83. The van der Waals surface area contributed by atoms with E-state index in [1.165, 1.54) is 37.7 Å². The third kappa shape index (κ3) is 4.23. The van der Waals surface area contributed by atoms with E-state index >= 15 is 0 Å². The van der Waals surface area contributed by atoms with Gasteiger partial charge in [-0.2, -0.15) is 0 Å². The first kappa shape index (κ1) is 16.8. The van der Waals surface area contributed by atoms with Crippen LogP contribution in [0.25, 0.3) is 0 Å². The average Bonchev–Trinajstić information content (AvgIpc) is 2.91. The van der Waals surface area contributed by atoms with E-state index in [0.717, 1.165) is 23.2 Å². The van der Waals surface area contributed by atoms with Crippen molar-refractivity contribution in [3.63, 3.8) is 0 Å². The highest BCUT2D eigenvalue weighted by molar-refractivity contribution is 9.10. The van der Waals surface area contributed by atoms with Crippen LogP contribution in [0.15, 0.2) is 22.7 Å². The van der Waals surface area contributed by atoms with Gasteiger partial charge in [0.15, 0.2) is 0 Å². The fraction of sp³-hybridized carbons (Fsp3) is 0.667. The average molecular weight is 354 g/mol. The van der Waals surface area contributed by atoms with Crippen molar-refractivity contribution in [1.29, 1.82) is 0 Å². The molecule has 1 atom stereocenters. The standard InChI is InChI=1S/C18H28BrNO/c1-4-11-20-17(18(2)9-5-6-10-18)13-14-7-8-16(21-3)15(19)12-14/h7-8,12,17,20H,4-6,9-11,13H2,1-3H3. The molecule has 1 aliphatic rings. The molecule has 21 heavy (non-hydrogen) atoms. The minimum Gasteiger partial charge on any atom is -0.496 e. The zero-order valence-corrected chi connectivity index (χ0v) is 15.1. The second-order valence-corrected chi connectivity index (χ2v) is 7.40. The highest BCUT2D eigenvalue weighted by Gasteiger charge is 2.36. The molecule has 1 N–H and O–H groups in total. The summed E-state index contributed by atoms with van der Waals surface area (Å²) in [6, 6.07) is 7.04. The van der Waals surface area contributed by atoms with Crippen molar-refractivity contribution >= 4 is 15.9 Å². The van der Waals surface area contributed by atoms with Gasteiger partial charge in [0.2, 0.25) is 0 Å². The van der Waals surface area contributed by atoms with Crippen molar-refractivity contribution < 1.29 is 4.74 Å². The molecule has 2 rings (SSSR count). The molecular formula is C18H28BrNO. The van der Waals surface area contributed by atoms with E-state index in [9.17, 15) is 0 Å². The Morgan fingerprint density at radius 1 is 1.33 bits per heavy atom. The van der Waals surface area contributed by atoms with E-state index in [2.05, 4.69) is 53.3 Å². The molecule has 3 heteroatoms. The number of hydrogen-bond donors (Lipinski definition) is 1. The number of hydrogen-bond acceptors (Lipinski definition) is 2. The van der Waals surface area contributed by atoms with E-state index < -0.39 is 0 Å². The molecule has 0 aromatic heterocycles. The van der Waals surface area contributed by atoms with Gasteiger partial charge >= 0.3 is 0 Å². The maximum atomic E-state index is 5.33. The lowest BCUT2D eigenvalue weighted by Gasteiger charge is -2.35. The number of ether oxygens (including phenoxy) is 1. The van der Waals surface area contributed by atoms with Crippen LogP contribution >= 0.6 is 15.9 Å². The lowest BCUT2D eigenvalue weighted by Crippen LogP contribution is -2.44. The predicted octanol–water partition coefficient (Wildman–Crippen LogP) is 4.95. The van der Waals surface area contributed by atoms with Crippen molar-refractivity contribution in [3.8, 4) is 5.75 Å². The summed E-state index contributed by atoms with van der Waals surface area (Å²) in [5.74, 6) is 0.906. The van der Waals surface area contributed by atoms with Crippen molar-refractivity contribution in [2.45, 2.75) is 58.4 Å². The van der Waals surface area contributed by atoms with Gasteiger partial charge in [-0.3, -0.25) is 0 Å². The number of nitrogens with one attached hydrogen (secondary N) is 1. The molecule has 1 aromatic carbocycles. The molecular weight excluding hydrogens is 326 g/mol. The quantitative estimate of drug-likeness (QED) is 0.748. The number of rotatable bonds is 7. The molecule has 0 bridgehead atoms. The molecule has 1 saturated carbocycles. The Kier molecular flexibility index (Phi) is 6.12. The Bertz CT molecular complexity index is 455. The summed E-state index contributed by atoms with van der Waals surface area (Å²) in [4.78, 5) is 0. The molecule has 0 amide bonds. The Labute approximate surface area is 137 Å². The number of halogens is 1. The van der Waals surface area contributed by atoms with Gasteiger partial charge in [0.1, 0.15) is 5.75 Å². The van der Waals surface area contributed by atoms with Crippen LogP contribution in [0.1, 0.15) is 51.5 Å². The molecule has 1 fully saturated rings. The monoisotopic (exact) mass is 353 g/mol. The van der Waals surface area contributed by atoms with Gasteiger partial charge in [-0.15, -0.1) is 0 Å². The molecule has 1 aromatic rings. The van der Waals surface area contributed by atoms with Gasteiger partial charge in [0.05, 0.1) is 11.6 Å². The topological polar surface area (TPSA) is 21.3 Å². The zero-order chi connectivity index (χ0) is 15.3. The number of benzene rings is 1. The van der Waals surface area contributed by atoms with Crippen molar-refractivity contribution in [2.75, 3.05) is 13.7 Å². The van der Waals surface area contributed by atoms with Crippen LogP contribution in [-0.2, 0) is 6.42 Å². The van der Waals surface area contributed by atoms with E-state index in [1.807, 2.05) is 0 Å². The largest absolute Gasteiger partial charge is 0.496 e. The SMILES string of the molecule is CCCNC(Cc1ccc(OC)c(Br)c1)C1(C)CCCC1. The van der Waals surface area contributed by atoms with Crippen LogP contribution in [0.3, 0.4) is 0 Å².